The Hall–Kier alpha value is -3.95. The molecule has 42 heavy (non-hydrogen) atoms. The van der Waals surface area contributed by atoms with Gasteiger partial charge < -0.3 is 25.3 Å². The second-order valence-electron chi connectivity index (χ2n) is 11.5. The van der Waals surface area contributed by atoms with E-state index in [2.05, 4.69) is 55.4 Å². The van der Waals surface area contributed by atoms with Crippen molar-refractivity contribution in [2.45, 2.75) is 32.2 Å². The third-order valence-electron chi connectivity index (χ3n) is 8.69. The molecule has 9 heteroatoms. The molecule has 3 N–H and O–H groups in total. The number of hydrogen-bond donors (Lipinski definition) is 3. The molecule has 3 aliphatic rings. The second-order valence-corrected chi connectivity index (χ2v) is 11.5. The van der Waals surface area contributed by atoms with Gasteiger partial charge in [-0.25, -0.2) is 0 Å². The first-order valence-corrected chi connectivity index (χ1v) is 15.2. The molecule has 3 aromatic rings. The molecule has 2 aromatic carbocycles. The van der Waals surface area contributed by atoms with Gasteiger partial charge in [-0.1, -0.05) is 36.4 Å². The molecule has 1 amide bonds. The number of aromatic nitrogens is 1. The van der Waals surface area contributed by atoms with Crippen LogP contribution >= 0.6 is 0 Å². The molecule has 0 unspecified atom stereocenters. The largest absolute Gasteiger partial charge is 0.478 e. The number of hydrogen-bond acceptors (Lipinski definition) is 7. The molecular weight excluding hydrogens is 526 g/mol. The summed E-state index contributed by atoms with van der Waals surface area (Å²) in [6.07, 6.45) is 5.40. The van der Waals surface area contributed by atoms with E-state index in [1.54, 1.807) is 6.20 Å². The number of ether oxygens (including phenoxy) is 1. The second kappa shape index (κ2) is 12.9. The minimum atomic E-state index is 0.0828. The number of likely N-dealkylation sites (tertiary alicyclic amines) is 1. The van der Waals surface area contributed by atoms with Crippen LogP contribution in [0, 0.1) is 5.41 Å². The normalized spacial score (nSPS) is 18.8. The molecule has 2 fully saturated rings. The number of piperazine rings is 1. The monoisotopic (exact) mass is 567 g/mol. The number of aromatic amines is 1. The summed E-state index contributed by atoms with van der Waals surface area (Å²) in [5, 5.41) is 11.8. The maximum atomic E-state index is 13.4. The van der Waals surface area contributed by atoms with Crippen LogP contribution in [0.4, 0.5) is 0 Å². The quantitative estimate of drug-likeness (QED) is 0.337. The topological polar surface area (TPSA) is 100 Å². The van der Waals surface area contributed by atoms with E-state index in [9.17, 15) is 4.79 Å². The van der Waals surface area contributed by atoms with Gasteiger partial charge in [-0.15, -0.1) is 0 Å². The van der Waals surface area contributed by atoms with Crippen LogP contribution in [0.2, 0.25) is 0 Å². The van der Waals surface area contributed by atoms with Gasteiger partial charge in [0.25, 0.3) is 5.91 Å². The number of aliphatic imine (C=N–C) groups is 1. The van der Waals surface area contributed by atoms with E-state index in [1.165, 1.54) is 17.3 Å². The Labute approximate surface area is 247 Å². The van der Waals surface area contributed by atoms with E-state index >= 15 is 0 Å². The summed E-state index contributed by atoms with van der Waals surface area (Å²) in [6, 6.07) is 16.8. The molecule has 2 saturated heterocycles. The minimum Gasteiger partial charge on any atom is -0.478 e. The molecule has 0 spiro atoms. The molecule has 6 rings (SSSR count). The molecule has 0 radical (unpaired) electrons. The van der Waals surface area contributed by atoms with E-state index < -0.39 is 0 Å². The van der Waals surface area contributed by atoms with Crippen molar-refractivity contribution in [3.63, 3.8) is 0 Å². The standard InChI is InChI=1S/C33H41N7O2/c1-2-42-32-21-35-29(20-36-32)23-38-11-9-26(10-12-38)27-7-8-28-18-31(37-30(28)17-27)33(41)40-15-13-39(14-16-40)22-25-5-3-24(19-34)4-6-25/h3-8,17-19,21,26,34,36-37H,2,9-16,20,22-23H2,1H3. The molecule has 9 nitrogen and oxygen atoms in total. The third-order valence-corrected chi connectivity index (χ3v) is 8.69. The lowest BCUT2D eigenvalue weighted by atomic mass is 9.89. The molecule has 0 atom stereocenters. The Bertz CT molecular complexity index is 1460. The van der Waals surface area contributed by atoms with E-state index in [4.69, 9.17) is 10.1 Å². The van der Waals surface area contributed by atoms with E-state index in [1.807, 2.05) is 30.0 Å². The SMILES string of the molecule is CCOC1=CN=C(CN2CCC(c3ccc4cc(C(=O)N5CCN(Cc6ccc(C=N)cc6)CC5)[nH]c4c3)CC2)CN1. The maximum absolute atomic E-state index is 13.4. The lowest BCUT2D eigenvalue weighted by molar-refractivity contribution is 0.0623. The third kappa shape index (κ3) is 6.58. The molecular formula is C33H41N7O2. The van der Waals surface area contributed by atoms with Gasteiger partial charge in [0.05, 0.1) is 25.1 Å². The summed E-state index contributed by atoms with van der Waals surface area (Å²) in [6.45, 7) is 10.4. The highest BCUT2D eigenvalue weighted by Crippen LogP contribution is 2.30. The zero-order valence-corrected chi connectivity index (χ0v) is 24.4. The summed E-state index contributed by atoms with van der Waals surface area (Å²) in [7, 11) is 0. The Morgan fingerprint density at radius 1 is 1.00 bits per heavy atom. The van der Waals surface area contributed by atoms with Crippen molar-refractivity contribution in [1.29, 1.82) is 5.41 Å². The molecule has 0 aliphatic carbocycles. The van der Waals surface area contributed by atoms with Crippen LogP contribution in [0.5, 0.6) is 0 Å². The number of carbonyl (C=O) groups excluding carboxylic acids is 1. The smallest absolute Gasteiger partial charge is 0.270 e. The Balaban J connectivity index is 1.01. The van der Waals surface area contributed by atoms with Crippen molar-refractivity contribution in [1.82, 2.24) is 25.0 Å². The van der Waals surface area contributed by atoms with Crippen LogP contribution in [-0.4, -0.2) is 96.5 Å². The number of benzene rings is 2. The maximum Gasteiger partial charge on any atom is 0.270 e. The van der Waals surface area contributed by atoms with Crippen molar-refractivity contribution in [3.05, 3.63) is 83.0 Å². The number of carbonyl (C=O) groups is 1. The van der Waals surface area contributed by atoms with Gasteiger partial charge in [-0.2, -0.15) is 0 Å². The summed E-state index contributed by atoms with van der Waals surface area (Å²) in [5.41, 5.74) is 6.38. The lowest BCUT2D eigenvalue weighted by Crippen LogP contribution is -2.48. The highest BCUT2D eigenvalue weighted by molar-refractivity contribution is 5.98. The summed E-state index contributed by atoms with van der Waals surface area (Å²) < 4.78 is 5.49. The van der Waals surface area contributed by atoms with Crippen molar-refractivity contribution in [3.8, 4) is 0 Å². The average molecular weight is 568 g/mol. The van der Waals surface area contributed by atoms with Gasteiger partial charge in [-0.3, -0.25) is 19.6 Å². The first kappa shape index (κ1) is 28.2. The minimum absolute atomic E-state index is 0.0828. The fraction of sp³-hybridized carbons (Fsp3) is 0.424. The van der Waals surface area contributed by atoms with Crippen molar-refractivity contribution < 1.29 is 9.53 Å². The summed E-state index contributed by atoms with van der Waals surface area (Å²) in [4.78, 5) is 28.2. The fourth-order valence-electron chi connectivity index (χ4n) is 6.22. The Morgan fingerprint density at radius 3 is 2.45 bits per heavy atom. The van der Waals surface area contributed by atoms with Gasteiger partial charge in [0.15, 0.2) is 0 Å². The van der Waals surface area contributed by atoms with Gasteiger partial charge >= 0.3 is 0 Å². The average Bonchev–Trinajstić information content (AvgIpc) is 3.47. The number of nitrogens with one attached hydrogen (secondary N) is 3. The van der Waals surface area contributed by atoms with Crippen LogP contribution in [0.1, 0.15) is 52.9 Å². The van der Waals surface area contributed by atoms with Gasteiger partial charge in [0, 0.05) is 56.4 Å². The Kier molecular flexibility index (Phi) is 8.67. The van der Waals surface area contributed by atoms with Crippen LogP contribution < -0.4 is 5.32 Å². The first-order chi connectivity index (χ1) is 20.6. The lowest BCUT2D eigenvalue weighted by Gasteiger charge is -2.34. The summed E-state index contributed by atoms with van der Waals surface area (Å²) in [5.74, 6) is 1.36. The van der Waals surface area contributed by atoms with Gasteiger partial charge in [0.2, 0.25) is 5.88 Å². The molecule has 0 bridgehead atoms. The fourth-order valence-corrected chi connectivity index (χ4v) is 6.22. The van der Waals surface area contributed by atoms with Crippen LogP contribution in [-0.2, 0) is 11.3 Å². The number of amides is 1. The van der Waals surface area contributed by atoms with Crippen LogP contribution in [0.25, 0.3) is 10.9 Å². The van der Waals surface area contributed by atoms with Crippen molar-refractivity contribution in [2.75, 3.05) is 59.0 Å². The van der Waals surface area contributed by atoms with Gasteiger partial charge in [0.1, 0.15) is 5.69 Å². The number of rotatable bonds is 9. The highest BCUT2D eigenvalue weighted by Gasteiger charge is 2.25. The van der Waals surface area contributed by atoms with E-state index in [0.717, 1.165) is 99.8 Å². The number of fused-ring (bicyclic) bond motifs is 1. The molecule has 220 valence electrons. The molecule has 3 aliphatic heterocycles. The Morgan fingerprint density at radius 2 is 1.76 bits per heavy atom. The predicted octanol–water partition coefficient (Wildman–Crippen LogP) is 4.18. The highest BCUT2D eigenvalue weighted by atomic mass is 16.5. The van der Waals surface area contributed by atoms with Gasteiger partial charge in [-0.05, 0) is 67.6 Å². The van der Waals surface area contributed by atoms with E-state index in [0.29, 0.717) is 18.2 Å². The summed E-state index contributed by atoms with van der Waals surface area (Å²) >= 11 is 0. The molecule has 4 heterocycles. The van der Waals surface area contributed by atoms with Crippen molar-refractivity contribution in [2.24, 2.45) is 4.99 Å². The number of nitrogens with zero attached hydrogens (tertiary/aromatic N) is 4. The number of piperidine rings is 1. The predicted molar refractivity (Wildman–Crippen MR) is 167 cm³/mol. The number of H-pyrrole nitrogens is 1. The molecule has 0 saturated carbocycles. The van der Waals surface area contributed by atoms with Crippen LogP contribution in [0.15, 0.2) is 65.6 Å². The van der Waals surface area contributed by atoms with Crippen molar-refractivity contribution >= 4 is 28.7 Å². The zero-order chi connectivity index (χ0) is 28.9. The van der Waals surface area contributed by atoms with Crippen LogP contribution in [0.3, 0.4) is 0 Å². The molecule has 1 aromatic heterocycles. The zero-order valence-electron chi connectivity index (χ0n) is 24.4. The first-order valence-electron chi connectivity index (χ1n) is 15.2. The van der Waals surface area contributed by atoms with E-state index in [-0.39, 0.29) is 5.91 Å².